The van der Waals surface area contributed by atoms with Crippen molar-refractivity contribution in [2.75, 3.05) is 6.61 Å². The van der Waals surface area contributed by atoms with Crippen LogP contribution in [-0.2, 0) is 11.8 Å². The number of aliphatic hydroxyl groups is 1. The lowest BCUT2D eigenvalue weighted by Gasteiger charge is -2.18. The van der Waals surface area contributed by atoms with Gasteiger partial charge in [-0.15, -0.1) is 0 Å². The predicted molar refractivity (Wildman–Crippen MR) is 83.1 cm³/mol. The van der Waals surface area contributed by atoms with E-state index >= 15 is 0 Å². The van der Waals surface area contributed by atoms with Gasteiger partial charge in [0.05, 0.1) is 0 Å². The summed E-state index contributed by atoms with van der Waals surface area (Å²) in [4.78, 5) is 8.76. The van der Waals surface area contributed by atoms with E-state index in [2.05, 4.69) is 41.2 Å². The lowest BCUT2D eigenvalue weighted by molar-refractivity contribution is 0.261. The largest absolute Gasteiger partial charge is 0.396 e. The fraction of sp³-hybridized carbons (Fsp3) is 0.444. The van der Waals surface area contributed by atoms with Crippen molar-refractivity contribution in [1.29, 1.82) is 0 Å². The first-order chi connectivity index (χ1) is 10.2. The molecule has 1 aliphatic rings. The van der Waals surface area contributed by atoms with Crippen molar-refractivity contribution in [1.82, 2.24) is 9.97 Å². The van der Waals surface area contributed by atoms with Crippen molar-refractivity contribution in [3.05, 3.63) is 59.2 Å². The van der Waals surface area contributed by atoms with Crippen LogP contribution in [0.5, 0.6) is 0 Å². The second-order valence-electron chi connectivity index (χ2n) is 6.13. The van der Waals surface area contributed by atoms with Crippen molar-refractivity contribution in [2.45, 2.75) is 38.5 Å². The molecule has 1 N–H and O–H groups in total. The van der Waals surface area contributed by atoms with Crippen LogP contribution in [0.25, 0.3) is 0 Å². The third-order valence-corrected chi connectivity index (χ3v) is 4.84. The summed E-state index contributed by atoms with van der Waals surface area (Å²) in [6.45, 7) is 4.25. The van der Waals surface area contributed by atoms with E-state index in [9.17, 15) is 5.11 Å². The van der Waals surface area contributed by atoms with E-state index in [1.807, 2.05) is 19.2 Å². The third-order valence-electron chi connectivity index (χ3n) is 4.84. The molecule has 0 unspecified atom stereocenters. The molecule has 0 aliphatic heterocycles. The average Bonchev–Trinajstić information content (AvgIpc) is 3.22. The maximum Gasteiger partial charge on any atom is 0.125 e. The van der Waals surface area contributed by atoms with Gasteiger partial charge in [0.25, 0.3) is 0 Å². The number of hydrogen-bond donors (Lipinski definition) is 1. The van der Waals surface area contributed by atoms with Crippen LogP contribution in [-0.4, -0.2) is 21.7 Å². The van der Waals surface area contributed by atoms with Gasteiger partial charge >= 0.3 is 0 Å². The van der Waals surface area contributed by atoms with E-state index in [4.69, 9.17) is 0 Å². The van der Waals surface area contributed by atoms with Crippen LogP contribution in [0, 0.1) is 19.8 Å². The fourth-order valence-corrected chi connectivity index (χ4v) is 3.41. The molecule has 2 atom stereocenters. The molecule has 0 bridgehead atoms. The number of hydrogen-bond acceptors (Lipinski definition) is 3. The minimum atomic E-state index is 0.146. The Labute approximate surface area is 126 Å². The van der Waals surface area contributed by atoms with Crippen molar-refractivity contribution in [3.8, 4) is 0 Å². The molecule has 3 nitrogen and oxygen atoms in total. The quantitative estimate of drug-likeness (QED) is 0.917. The zero-order chi connectivity index (χ0) is 14.9. The maximum atomic E-state index is 9.57. The highest BCUT2D eigenvalue weighted by molar-refractivity contribution is 5.34. The Bertz CT molecular complexity index is 626. The van der Waals surface area contributed by atoms with E-state index < -0.39 is 0 Å². The maximum absolute atomic E-state index is 9.57. The summed E-state index contributed by atoms with van der Waals surface area (Å²) < 4.78 is 0. The molecule has 0 amide bonds. The first kappa shape index (κ1) is 14.2. The Kier molecular flexibility index (Phi) is 3.77. The fourth-order valence-electron chi connectivity index (χ4n) is 3.41. The molecular formula is C18H22N2O. The SMILES string of the molecule is Cc1ncc(CC[C@]2(c3ccccc3)C[C@H]2CO)c(C)n1. The van der Waals surface area contributed by atoms with E-state index in [-0.39, 0.29) is 12.0 Å². The van der Waals surface area contributed by atoms with Gasteiger partial charge in [0, 0.05) is 23.9 Å². The molecule has 0 saturated heterocycles. The predicted octanol–water partition coefficient (Wildman–Crippen LogP) is 2.98. The molecule has 3 heteroatoms. The molecule has 1 fully saturated rings. The van der Waals surface area contributed by atoms with Gasteiger partial charge in [-0.1, -0.05) is 30.3 Å². The Morgan fingerprint density at radius 1 is 1.24 bits per heavy atom. The van der Waals surface area contributed by atoms with Gasteiger partial charge in [0.2, 0.25) is 0 Å². The minimum absolute atomic E-state index is 0.146. The molecule has 0 spiro atoms. The minimum Gasteiger partial charge on any atom is -0.396 e. The summed E-state index contributed by atoms with van der Waals surface area (Å²) in [6.07, 6.45) is 5.05. The summed E-state index contributed by atoms with van der Waals surface area (Å²) in [5.74, 6) is 1.22. The third kappa shape index (κ3) is 2.70. The monoisotopic (exact) mass is 282 g/mol. The zero-order valence-electron chi connectivity index (χ0n) is 12.7. The van der Waals surface area contributed by atoms with Crippen LogP contribution in [0.3, 0.4) is 0 Å². The van der Waals surface area contributed by atoms with Crippen molar-refractivity contribution < 1.29 is 5.11 Å². The number of aliphatic hydroxyl groups excluding tert-OH is 1. The lowest BCUT2D eigenvalue weighted by atomic mass is 9.87. The summed E-state index contributed by atoms with van der Waals surface area (Å²) >= 11 is 0. The smallest absolute Gasteiger partial charge is 0.125 e. The second kappa shape index (κ2) is 5.57. The van der Waals surface area contributed by atoms with Crippen LogP contribution < -0.4 is 0 Å². The topological polar surface area (TPSA) is 46.0 Å². The summed E-state index contributed by atoms with van der Waals surface area (Å²) in [5, 5.41) is 9.57. The number of rotatable bonds is 5. The standard InChI is InChI=1S/C18H22N2O/c1-13-15(11-19-14(2)20-13)8-9-18(10-17(18)12-21)16-6-4-3-5-7-16/h3-7,11,17,21H,8-10,12H2,1-2H3/t17-,18+/m0/s1. The molecule has 110 valence electrons. The Morgan fingerprint density at radius 3 is 2.62 bits per heavy atom. The molecular weight excluding hydrogens is 260 g/mol. The van der Waals surface area contributed by atoms with E-state index in [0.29, 0.717) is 5.92 Å². The van der Waals surface area contributed by atoms with Gasteiger partial charge in [0.15, 0.2) is 0 Å². The van der Waals surface area contributed by atoms with E-state index in [0.717, 1.165) is 30.8 Å². The van der Waals surface area contributed by atoms with Crippen LogP contribution in [0.2, 0.25) is 0 Å². The number of aryl methyl sites for hydroxylation is 3. The highest BCUT2D eigenvalue weighted by atomic mass is 16.3. The van der Waals surface area contributed by atoms with Crippen molar-refractivity contribution >= 4 is 0 Å². The Hall–Kier alpha value is -1.74. The van der Waals surface area contributed by atoms with Crippen molar-refractivity contribution in [2.24, 2.45) is 5.92 Å². The molecule has 21 heavy (non-hydrogen) atoms. The number of aromatic nitrogens is 2. The second-order valence-corrected chi connectivity index (χ2v) is 6.13. The van der Waals surface area contributed by atoms with Gasteiger partial charge in [-0.2, -0.15) is 0 Å². The van der Waals surface area contributed by atoms with Gasteiger partial charge < -0.3 is 5.11 Å². The first-order valence-electron chi connectivity index (χ1n) is 7.61. The molecule has 3 rings (SSSR count). The van der Waals surface area contributed by atoms with Gasteiger partial charge in [0.1, 0.15) is 5.82 Å². The molecule has 1 saturated carbocycles. The molecule has 1 heterocycles. The highest BCUT2D eigenvalue weighted by Crippen LogP contribution is 2.56. The van der Waals surface area contributed by atoms with Crippen LogP contribution in [0.4, 0.5) is 0 Å². The first-order valence-corrected chi connectivity index (χ1v) is 7.61. The van der Waals surface area contributed by atoms with Crippen molar-refractivity contribution in [3.63, 3.8) is 0 Å². The Morgan fingerprint density at radius 2 is 2.00 bits per heavy atom. The van der Waals surface area contributed by atoms with Crippen LogP contribution in [0.15, 0.2) is 36.5 Å². The normalized spacial score (nSPS) is 24.0. The number of nitrogens with zero attached hydrogens (tertiary/aromatic N) is 2. The molecule has 2 aromatic rings. The summed E-state index contributed by atoms with van der Waals surface area (Å²) in [7, 11) is 0. The van der Waals surface area contributed by atoms with Gasteiger partial charge in [-0.25, -0.2) is 9.97 Å². The molecule has 1 aromatic heterocycles. The zero-order valence-corrected chi connectivity index (χ0v) is 12.7. The lowest BCUT2D eigenvalue weighted by Crippen LogP contribution is -2.14. The van der Waals surface area contributed by atoms with Crippen LogP contribution in [0.1, 0.15) is 35.5 Å². The van der Waals surface area contributed by atoms with E-state index in [1.165, 1.54) is 11.1 Å². The van der Waals surface area contributed by atoms with Gasteiger partial charge in [-0.05, 0) is 50.2 Å². The average molecular weight is 282 g/mol. The summed E-state index contributed by atoms with van der Waals surface area (Å²) in [5.41, 5.74) is 3.80. The molecule has 1 aromatic carbocycles. The highest BCUT2D eigenvalue weighted by Gasteiger charge is 2.53. The van der Waals surface area contributed by atoms with Gasteiger partial charge in [-0.3, -0.25) is 0 Å². The summed E-state index contributed by atoms with van der Waals surface area (Å²) in [6, 6.07) is 10.6. The molecule has 1 aliphatic carbocycles. The number of benzene rings is 1. The van der Waals surface area contributed by atoms with E-state index in [1.54, 1.807) is 0 Å². The Balaban J connectivity index is 1.78. The molecule has 0 radical (unpaired) electrons. The van der Waals surface area contributed by atoms with Crippen LogP contribution >= 0.6 is 0 Å².